The molecule has 0 radical (unpaired) electrons. The normalized spacial score (nSPS) is 23.9. The smallest absolute Gasteiger partial charge is 0.284 e. The number of aromatic nitrogens is 2. The Morgan fingerprint density at radius 1 is 1.28 bits per heavy atom. The molecule has 2 N–H and O–H groups in total. The zero-order chi connectivity index (χ0) is 20.8. The van der Waals surface area contributed by atoms with E-state index in [0.29, 0.717) is 30.3 Å². The molecule has 1 spiro atoms. The molecule has 5 nitrogen and oxygen atoms in total. The summed E-state index contributed by atoms with van der Waals surface area (Å²) in [6.45, 7) is 3.75. The van der Waals surface area contributed by atoms with Crippen molar-refractivity contribution in [2.45, 2.75) is 38.3 Å². The van der Waals surface area contributed by atoms with Gasteiger partial charge in [0.15, 0.2) is 5.82 Å². The van der Waals surface area contributed by atoms with E-state index >= 15 is 0 Å². The van der Waals surface area contributed by atoms with E-state index < -0.39 is 6.43 Å². The summed E-state index contributed by atoms with van der Waals surface area (Å²) in [6, 6.07) is 4.96. The van der Waals surface area contributed by atoms with Gasteiger partial charge < -0.3 is 15.4 Å². The minimum atomic E-state index is -2.76. The van der Waals surface area contributed by atoms with Crippen LogP contribution in [0.3, 0.4) is 0 Å². The molecule has 1 aromatic carbocycles. The van der Waals surface area contributed by atoms with Gasteiger partial charge in [-0.1, -0.05) is 35.3 Å². The van der Waals surface area contributed by atoms with E-state index in [2.05, 4.69) is 9.97 Å². The van der Waals surface area contributed by atoms with E-state index in [4.69, 9.17) is 33.7 Å². The van der Waals surface area contributed by atoms with Gasteiger partial charge >= 0.3 is 0 Å². The fraction of sp³-hybridized carbons (Fsp3) is 0.500. The summed E-state index contributed by atoms with van der Waals surface area (Å²) < 4.78 is 33.4. The lowest BCUT2D eigenvalue weighted by Crippen LogP contribution is -2.51. The summed E-state index contributed by atoms with van der Waals surface area (Å²) in [6.07, 6.45) is 0.258. The molecule has 0 unspecified atom stereocenters. The second-order valence-corrected chi connectivity index (χ2v) is 8.54. The summed E-state index contributed by atoms with van der Waals surface area (Å²) in [4.78, 5) is 10.4. The van der Waals surface area contributed by atoms with Crippen LogP contribution in [-0.2, 0) is 4.74 Å². The Labute approximate surface area is 178 Å². The van der Waals surface area contributed by atoms with Gasteiger partial charge in [0.2, 0.25) is 0 Å². The number of ether oxygens (including phenoxy) is 1. The van der Waals surface area contributed by atoms with Crippen LogP contribution in [0.2, 0.25) is 10.0 Å². The molecule has 2 fully saturated rings. The summed E-state index contributed by atoms with van der Waals surface area (Å²) in [7, 11) is 0. The molecule has 29 heavy (non-hydrogen) atoms. The van der Waals surface area contributed by atoms with Crippen LogP contribution < -0.4 is 10.6 Å². The van der Waals surface area contributed by atoms with Crippen molar-refractivity contribution >= 4 is 29.0 Å². The number of alkyl halides is 2. The summed E-state index contributed by atoms with van der Waals surface area (Å²) in [5.41, 5.74) is 6.64. The molecular weight excluding hydrogens is 421 g/mol. The lowest BCUT2D eigenvalue weighted by Gasteiger charge is -2.41. The molecule has 0 amide bonds. The Hall–Kier alpha value is -1.54. The number of rotatable bonds is 3. The highest BCUT2D eigenvalue weighted by molar-refractivity contribution is 6.43. The predicted octanol–water partition coefficient (Wildman–Crippen LogP) is 4.72. The third kappa shape index (κ3) is 3.69. The molecular formula is C20H22Cl2F2N4O. The van der Waals surface area contributed by atoms with Crippen molar-refractivity contribution in [3.63, 3.8) is 0 Å². The standard InChI is InChI=1S/C20H22Cl2F2N4O/c1-11-17(25)20(10-29-11)5-7-28(8-6-20)19-16(18(23)24)27-14(9-26-19)12-3-2-4-13(21)15(12)22/h2-4,9,11,17-18H,5-8,10,25H2,1H3/t11-,17+/m0/s1. The number of anilines is 1. The van der Waals surface area contributed by atoms with Crippen molar-refractivity contribution in [1.82, 2.24) is 9.97 Å². The third-order valence-electron chi connectivity index (χ3n) is 6.12. The first-order valence-electron chi connectivity index (χ1n) is 9.54. The first kappa shape index (κ1) is 20.7. The number of benzene rings is 1. The molecule has 4 rings (SSSR count). The zero-order valence-corrected chi connectivity index (χ0v) is 17.4. The number of halogens is 4. The molecule has 2 saturated heterocycles. The fourth-order valence-electron chi connectivity index (χ4n) is 4.26. The molecule has 2 aliphatic heterocycles. The molecule has 0 saturated carbocycles. The monoisotopic (exact) mass is 442 g/mol. The van der Waals surface area contributed by atoms with Crippen LogP contribution in [0, 0.1) is 5.41 Å². The van der Waals surface area contributed by atoms with Gasteiger partial charge in [0.05, 0.1) is 34.6 Å². The fourth-order valence-corrected chi connectivity index (χ4v) is 4.65. The SMILES string of the molecule is C[C@@H]1OCC2(CCN(c3ncc(-c4cccc(Cl)c4Cl)nc3C(F)F)CC2)[C@@H]1N. The number of hydrogen-bond acceptors (Lipinski definition) is 5. The van der Waals surface area contributed by atoms with Gasteiger partial charge in [-0.3, -0.25) is 0 Å². The van der Waals surface area contributed by atoms with Crippen LogP contribution in [0.4, 0.5) is 14.6 Å². The topological polar surface area (TPSA) is 64.3 Å². The molecule has 1 aromatic heterocycles. The van der Waals surface area contributed by atoms with Gasteiger partial charge in [0, 0.05) is 30.1 Å². The lowest BCUT2D eigenvalue weighted by molar-refractivity contribution is 0.0972. The Bertz CT molecular complexity index is 906. The molecule has 156 valence electrons. The van der Waals surface area contributed by atoms with Crippen molar-refractivity contribution < 1.29 is 13.5 Å². The summed E-state index contributed by atoms with van der Waals surface area (Å²) in [5, 5.41) is 0.597. The Balaban J connectivity index is 1.61. The van der Waals surface area contributed by atoms with Crippen molar-refractivity contribution in [1.29, 1.82) is 0 Å². The van der Waals surface area contributed by atoms with Crippen molar-refractivity contribution in [3.05, 3.63) is 40.1 Å². The molecule has 2 atom stereocenters. The summed E-state index contributed by atoms with van der Waals surface area (Å²) >= 11 is 12.3. The maximum Gasteiger partial charge on any atom is 0.284 e. The quantitative estimate of drug-likeness (QED) is 0.744. The first-order chi connectivity index (χ1) is 13.8. The van der Waals surface area contributed by atoms with Crippen LogP contribution in [-0.4, -0.2) is 41.8 Å². The molecule has 0 bridgehead atoms. The molecule has 0 aliphatic carbocycles. The summed E-state index contributed by atoms with van der Waals surface area (Å²) in [5.74, 6) is 0.206. The Kier molecular flexibility index (Phi) is 5.68. The number of piperidine rings is 1. The Morgan fingerprint density at radius 3 is 2.62 bits per heavy atom. The average molecular weight is 443 g/mol. The largest absolute Gasteiger partial charge is 0.376 e. The third-order valence-corrected chi connectivity index (χ3v) is 6.94. The maximum atomic E-state index is 13.8. The van der Waals surface area contributed by atoms with Gasteiger partial charge in [-0.2, -0.15) is 0 Å². The van der Waals surface area contributed by atoms with E-state index in [1.165, 1.54) is 6.20 Å². The second kappa shape index (κ2) is 7.95. The van der Waals surface area contributed by atoms with Crippen LogP contribution in [0.1, 0.15) is 31.9 Å². The van der Waals surface area contributed by atoms with E-state index in [1.807, 2.05) is 11.8 Å². The van der Waals surface area contributed by atoms with Crippen molar-refractivity contribution in [2.75, 3.05) is 24.6 Å². The lowest BCUT2D eigenvalue weighted by atomic mass is 9.73. The molecule has 2 aromatic rings. The zero-order valence-electron chi connectivity index (χ0n) is 15.9. The Morgan fingerprint density at radius 2 is 2.00 bits per heavy atom. The highest BCUT2D eigenvalue weighted by Crippen LogP contribution is 2.43. The van der Waals surface area contributed by atoms with Crippen LogP contribution in [0.15, 0.2) is 24.4 Å². The van der Waals surface area contributed by atoms with Gasteiger partial charge in [-0.05, 0) is 25.8 Å². The van der Waals surface area contributed by atoms with E-state index in [-0.39, 0.29) is 39.8 Å². The van der Waals surface area contributed by atoms with Gasteiger partial charge in [0.25, 0.3) is 6.43 Å². The number of nitrogens with two attached hydrogens (primary N) is 1. The van der Waals surface area contributed by atoms with Gasteiger partial charge in [-0.25, -0.2) is 18.7 Å². The van der Waals surface area contributed by atoms with Crippen molar-refractivity contribution in [3.8, 4) is 11.3 Å². The van der Waals surface area contributed by atoms with Gasteiger partial charge in [-0.15, -0.1) is 0 Å². The highest BCUT2D eigenvalue weighted by atomic mass is 35.5. The van der Waals surface area contributed by atoms with Crippen LogP contribution in [0.5, 0.6) is 0 Å². The van der Waals surface area contributed by atoms with Crippen molar-refractivity contribution in [2.24, 2.45) is 11.1 Å². The molecule has 9 heteroatoms. The van der Waals surface area contributed by atoms with E-state index in [1.54, 1.807) is 18.2 Å². The van der Waals surface area contributed by atoms with E-state index in [0.717, 1.165) is 12.8 Å². The first-order valence-corrected chi connectivity index (χ1v) is 10.3. The second-order valence-electron chi connectivity index (χ2n) is 7.76. The minimum Gasteiger partial charge on any atom is -0.376 e. The maximum absolute atomic E-state index is 13.8. The highest BCUT2D eigenvalue weighted by Gasteiger charge is 2.48. The number of nitrogens with zero attached hydrogens (tertiary/aromatic N) is 3. The minimum absolute atomic E-state index is 0.0136. The molecule has 2 aliphatic rings. The number of hydrogen-bond donors (Lipinski definition) is 1. The predicted molar refractivity (Wildman–Crippen MR) is 110 cm³/mol. The van der Waals surface area contributed by atoms with E-state index in [9.17, 15) is 8.78 Å². The molecule has 3 heterocycles. The van der Waals surface area contributed by atoms with Crippen LogP contribution >= 0.6 is 23.2 Å². The average Bonchev–Trinajstić information content (AvgIpc) is 2.99. The van der Waals surface area contributed by atoms with Gasteiger partial charge in [0.1, 0.15) is 5.69 Å². The van der Waals surface area contributed by atoms with Crippen LogP contribution in [0.25, 0.3) is 11.3 Å².